The van der Waals surface area contributed by atoms with E-state index in [1.807, 2.05) is 6.92 Å². The molecule has 0 aromatic heterocycles. The highest BCUT2D eigenvalue weighted by Gasteiger charge is 1.99. The Labute approximate surface area is 78.3 Å². The molecule has 72 valence electrons. The molecule has 0 heterocycles. The minimum atomic E-state index is -0.710. The third-order valence-electron chi connectivity index (χ3n) is 1.31. The van der Waals surface area contributed by atoms with Crippen molar-refractivity contribution in [3.63, 3.8) is 0 Å². The molecule has 0 saturated heterocycles. The van der Waals surface area contributed by atoms with Gasteiger partial charge in [-0.05, 0) is 19.9 Å². The van der Waals surface area contributed by atoms with E-state index in [2.05, 4.69) is 11.3 Å². The summed E-state index contributed by atoms with van der Waals surface area (Å²) in [4.78, 5) is 10.6. The average Bonchev–Trinajstić information content (AvgIpc) is 2.13. The van der Waals surface area contributed by atoms with Crippen molar-refractivity contribution in [2.75, 3.05) is 7.11 Å². The molecule has 0 unspecified atom stereocenters. The molecule has 0 aromatic carbocycles. The van der Waals surface area contributed by atoms with Gasteiger partial charge in [-0.25, -0.2) is 4.79 Å². The van der Waals surface area contributed by atoms with Gasteiger partial charge in [-0.15, -0.1) is 0 Å². The third kappa shape index (κ3) is 5.73. The lowest BCUT2D eigenvalue weighted by Crippen LogP contribution is -2.01. The number of methoxy groups -OCH3 is 1. The van der Waals surface area contributed by atoms with Crippen LogP contribution in [0.4, 0.5) is 4.79 Å². The first-order valence-corrected chi connectivity index (χ1v) is 3.83. The summed E-state index contributed by atoms with van der Waals surface area (Å²) >= 11 is 0. The van der Waals surface area contributed by atoms with E-state index in [0.29, 0.717) is 5.76 Å². The summed E-state index contributed by atoms with van der Waals surface area (Å²) in [6, 6.07) is 0. The first kappa shape index (κ1) is 11.5. The van der Waals surface area contributed by atoms with E-state index in [1.165, 1.54) is 7.11 Å². The van der Waals surface area contributed by atoms with E-state index in [9.17, 15) is 4.79 Å². The van der Waals surface area contributed by atoms with Crippen LogP contribution in [0, 0.1) is 0 Å². The molecule has 3 nitrogen and oxygen atoms in total. The summed E-state index contributed by atoms with van der Waals surface area (Å²) in [6.45, 7) is 7.15. The molecule has 0 fully saturated rings. The molecule has 0 N–H and O–H groups in total. The van der Waals surface area contributed by atoms with Crippen LogP contribution in [0.1, 0.15) is 13.8 Å². The van der Waals surface area contributed by atoms with Crippen LogP contribution in [-0.2, 0) is 9.47 Å². The van der Waals surface area contributed by atoms with E-state index in [1.54, 1.807) is 25.2 Å². The van der Waals surface area contributed by atoms with E-state index in [0.717, 1.165) is 5.57 Å². The van der Waals surface area contributed by atoms with Crippen LogP contribution in [0.5, 0.6) is 0 Å². The molecule has 3 heteroatoms. The number of ether oxygens (including phenoxy) is 2. The Morgan fingerprint density at radius 2 is 1.92 bits per heavy atom. The van der Waals surface area contributed by atoms with Crippen molar-refractivity contribution in [3.8, 4) is 0 Å². The molecule has 0 aliphatic heterocycles. The third-order valence-corrected chi connectivity index (χ3v) is 1.31. The molecular weight excluding hydrogens is 168 g/mol. The highest BCUT2D eigenvalue weighted by atomic mass is 16.7. The van der Waals surface area contributed by atoms with Crippen LogP contribution in [0.15, 0.2) is 36.1 Å². The molecule has 0 aromatic rings. The summed E-state index contributed by atoms with van der Waals surface area (Å²) in [5.41, 5.74) is 0.993. The number of allylic oxidation sites excluding steroid dienone is 5. The Kier molecular flexibility index (Phi) is 5.35. The van der Waals surface area contributed by atoms with Crippen LogP contribution < -0.4 is 0 Å². The lowest BCUT2D eigenvalue weighted by Gasteiger charge is -2.00. The largest absolute Gasteiger partial charge is 0.513 e. The van der Waals surface area contributed by atoms with Gasteiger partial charge in [-0.3, -0.25) is 0 Å². The maximum Gasteiger partial charge on any atom is 0.513 e. The van der Waals surface area contributed by atoms with Gasteiger partial charge in [-0.2, -0.15) is 0 Å². The molecule has 0 amide bonds. The van der Waals surface area contributed by atoms with E-state index < -0.39 is 6.16 Å². The Morgan fingerprint density at radius 3 is 2.38 bits per heavy atom. The SMILES string of the molecule is C=C/C(C)=C\C=C(/C)OC(=O)OC. The molecule has 0 rings (SSSR count). The van der Waals surface area contributed by atoms with Gasteiger partial charge < -0.3 is 9.47 Å². The zero-order chi connectivity index (χ0) is 10.3. The Balaban J connectivity index is 4.17. The molecule has 0 atom stereocenters. The smallest absolute Gasteiger partial charge is 0.437 e. The summed E-state index contributed by atoms with van der Waals surface area (Å²) in [6.07, 6.45) is 4.47. The van der Waals surface area contributed by atoms with Crippen molar-refractivity contribution in [1.29, 1.82) is 0 Å². The highest BCUT2D eigenvalue weighted by molar-refractivity contribution is 5.61. The first-order chi connectivity index (χ1) is 6.10. The van der Waals surface area contributed by atoms with Gasteiger partial charge in [0.25, 0.3) is 0 Å². The van der Waals surface area contributed by atoms with Gasteiger partial charge in [0.1, 0.15) is 5.76 Å². The lowest BCUT2D eigenvalue weighted by molar-refractivity contribution is 0.0975. The Hall–Kier alpha value is -1.51. The zero-order valence-electron chi connectivity index (χ0n) is 8.16. The van der Waals surface area contributed by atoms with Crippen molar-refractivity contribution in [1.82, 2.24) is 0 Å². The standard InChI is InChI=1S/C10H14O3/c1-5-8(2)6-7-9(3)13-10(11)12-4/h5-7H,1H2,2-4H3/b8-6-,9-7+. The summed E-state index contributed by atoms with van der Waals surface area (Å²) in [7, 11) is 1.26. The maximum absolute atomic E-state index is 10.6. The second kappa shape index (κ2) is 6.06. The minimum Gasteiger partial charge on any atom is -0.437 e. The van der Waals surface area contributed by atoms with Crippen LogP contribution in [-0.4, -0.2) is 13.3 Å². The Morgan fingerprint density at radius 1 is 1.31 bits per heavy atom. The number of carbonyl (C=O) groups is 1. The van der Waals surface area contributed by atoms with Gasteiger partial charge in [0, 0.05) is 0 Å². The van der Waals surface area contributed by atoms with Crippen molar-refractivity contribution >= 4 is 6.16 Å². The predicted octanol–water partition coefficient (Wildman–Crippen LogP) is 2.81. The quantitative estimate of drug-likeness (QED) is 0.382. The van der Waals surface area contributed by atoms with Crippen LogP contribution >= 0.6 is 0 Å². The number of hydrogen-bond acceptors (Lipinski definition) is 3. The van der Waals surface area contributed by atoms with Crippen LogP contribution in [0.25, 0.3) is 0 Å². The van der Waals surface area contributed by atoms with Gasteiger partial charge in [0.15, 0.2) is 0 Å². The molecule has 0 aliphatic rings. The van der Waals surface area contributed by atoms with Crippen LogP contribution in [0.2, 0.25) is 0 Å². The Bertz CT molecular complexity index is 249. The lowest BCUT2D eigenvalue weighted by atomic mass is 10.3. The van der Waals surface area contributed by atoms with Crippen molar-refractivity contribution in [3.05, 3.63) is 36.1 Å². The zero-order valence-corrected chi connectivity index (χ0v) is 8.16. The molecule has 0 radical (unpaired) electrons. The van der Waals surface area contributed by atoms with Crippen LogP contribution in [0.3, 0.4) is 0 Å². The van der Waals surface area contributed by atoms with E-state index in [4.69, 9.17) is 4.74 Å². The fourth-order valence-corrected chi connectivity index (χ4v) is 0.524. The van der Waals surface area contributed by atoms with Crippen molar-refractivity contribution in [2.45, 2.75) is 13.8 Å². The summed E-state index contributed by atoms with van der Waals surface area (Å²) in [5.74, 6) is 0.480. The predicted molar refractivity (Wildman–Crippen MR) is 51.2 cm³/mol. The molecule has 0 saturated carbocycles. The molecular formula is C10H14O3. The van der Waals surface area contributed by atoms with Gasteiger partial charge in [0.05, 0.1) is 7.11 Å². The topological polar surface area (TPSA) is 35.5 Å². The van der Waals surface area contributed by atoms with E-state index >= 15 is 0 Å². The van der Waals surface area contributed by atoms with Gasteiger partial charge >= 0.3 is 6.16 Å². The first-order valence-electron chi connectivity index (χ1n) is 3.83. The monoisotopic (exact) mass is 182 g/mol. The number of carbonyl (C=O) groups excluding carboxylic acids is 1. The maximum atomic E-state index is 10.6. The second-order valence-corrected chi connectivity index (χ2v) is 2.45. The second-order valence-electron chi connectivity index (χ2n) is 2.45. The number of hydrogen-bond donors (Lipinski definition) is 0. The van der Waals surface area contributed by atoms with Crippen molar-refractivity contribution < 1.29 is 14.3 Å². The summed E-state index contributed by atoms with van der Waals surface area (Å²) in [5, 5.41) is 0. The van der Waals surface area contributed by atoms with E-state index in [-0.39, 0.29) is 0 Å². The molecule has 0 bridgehead atoms. The average molecular weight is 182 g/mol. The highest BCUT2D eigenvalue weighted by Crippen LogP contribution is 2.01. The molecule has 0 spiro atoms. The molecule has 0 aliphatic carbocycles. The molecule has 13 heavy (non-hydrogen) atoms. The van der Waals surface area contributed by atoms with Gasteiger partial charge in [-0.1, -0.05) is 24.3 Å². The number of rotatable bonds is 3. The fraction of sp³-hybridized carbons (Fsp3) is 0.300. The summed E-state index contributed by atoms with van der Waals surface area (Å²) < 4.78 is 9.03. The van der Waals surface area contributed by atoms with Crippen molar-refractivity contribution in [2.24, 2.45) is 0 Å². The fourth-order valence-electron chi connectivity index (χ4n) is 0.524. The van der Waals surface area contributed by atoms with Gasteiger partial charge in [0.2, 0.25) is 0 Å². The minimum absolute atomic E-state index is 0.480. The normalized spacial score (nSPS) is 12.2.